The van der Waals surface area contributed by atoms with Crippen molar-refractivity contribution in [3.63, 3.8) is 0 Å². The predicted octanol–water partition coefficient (Wildman–Crippen LogP) is 5.06. The van der Waals surface area contributed by atoms with Crippen LogP contribution in [0.1, 0.15) is 35.1 Å². The second-order valence-corrected chi connectivity index (χ2v) is 11.1. The molecule has 3 aliphatic rings. The van der Waals surface area contributed by atoms with Gasteiger partial charge in [0.2, 0.25) is 5.79 Å². The van der Waals surface area contributed by atoms with E-state index in [0.29, 0.717) is 11.1 Å². The molecular formula is C24H24F4O5S. The molecular weight excluding hydrogens is 476 g/mol. The fraction of sp³-hybridized carbons (Fsp3) is 0.500. The minimum atomic E-state index is -6.31. The third kappa shape index (κ3) is 3.26. The summed E-state index contributed by atoms with van der Waals surface area (Å²) in [5, 5.41) is -5.60. The Kier molecular flexibility index (Phi) is 5.23. The Balaban J connectivity index is 1.53. The average Bonchev–Trinajstić information content (AvgIpc) is 3.45. The zero-order valence-corrected chi connectivity index (χ0v) is 19.2. The van der Waals surface area contributed by atoms with Crippen molar-refractivity contribution < 1.29 is 40.0 Å². The standard InChI is InChI=1S/C24H24F4O5S/c1-13-3-7-16(8-4-13)22(17-9-5-14(2)6-10-17)32-20-15-11-18(21(20)33-22)19(12-15)23(25,26)24(27,28)34(29,30)31/h3-10,15,18-21H,11-12H2,1-2H3,(H,29,30,31). The number of ether oxygens (including phenoxy) is 2. The molecule has 2 bridgehead atoms. The molecule has 1 aliphatic heterocycles. The van der Waals surface area contributed by atoms with Crippen LogP contribution in [0, 0.1) is 31.6 Å². The number of fused-ring (bicyclic) bond motifs is 5. The van der Waals surface area contributed by atoms with Gasteiger partial charge in [0.05, 0.1) is 12.2 Å². The van der Waals surface area contributed by atoms with Crippen molar-refractivity contribution in [1.29, 1.82) is 0 Å². The molecule has 0 amide bonds. The highest BCUT2D eigenvalue weighted by molar-refractivity contribution is 7.87. The van der Waals surface area contributed by atoms with Gasteiger partial charge < -0.3 is 9.47 Å². The van der Waals surface area contributed by atoms with E-state index in [1.54, 1.807) is 0 Å². The van der Waals surface area contributed by atoms with E-state index < -0.39 is 57.0 Å². The summed E-state index contributed by atoms with van der Waals surface area (Å²) in [6, 6.07) is 14.7. The van der Waals surface area contributed by atoms with E-state index in [0.717, 1.165) is 11.1 Å². The van der Waals surface area contributed by atoms with Crippen LogP contribution in [0.5, 0.6) is 0 Å². The molecule has 3 fully saturated rings. The number of hydrogen-bond acceptors (Lipinski definition) is 4. The molecule has 2 aromatic rings. The van der Waals surface area contributed by atoms with Crippen LogP contribution in [0.2, 0.25) is 0 Å². The Morgan fingerprint density at radius 2 is 1.32 bits per heavy atom. The largest absolute Gasteiger partial charge is 0.431 e. The molecule has 34 heavy (non-hydrogen) atoms. The van der Waals surface area contributed by atoms with E-state index >= 15 is 0 Å². The lowest BCUT2D eigenvalue weighted by molar-refractivity contribution is -0.212. The summed E-state index contributed by atoms with van der Waals surface area (Å²) in [5.41, 5.74) is 3.27. The topological polar surface area (TPSA) is 72.8 Å². The van der Waals surface area contributed by atoms with Gasteiger partial charge >= 0.3 is 21.3 Å². The van der Waals surface area contributed by atoms with Gasteiger partial charge in [-0.05, 0) is 38.5 Å². The Labute approximate surface area is 194 Å². The first-order valence-electron chi connectivity index (χ1n) is 11.0. The fourth-order valence-corrected chi connectivity index (χ4v) is 6.27. The van der Waals surface area contributed by atoms with Crippen LogP contribution >= 0.6 is 0 Å². The molecule has 2 aromatic carbocycles. The minimum Gasteiger partial charge on any atom is -0.336 e. The SMILES string of the molecule is Cc1ccc(C2(c3ccc(C)cc3)OC3C4CC(C3O2)C(C(F)(F)C(F)(F)S(=O)(=O)O)C4)cc1. The number of hydrogen-bond donors (Lipinski definition) is 1. The van der Waals surface area contributed by atoms with Crippen LogP contribution in [0.15, 0.2) is 48.5 Å². The number of alkyl halides is 4. The molecule has 5 nitrogen and oxygen atoms in total. The van der Waals surface area contributed by atoms with Crippen molar-refractivity contribution >= 4 is 10.1 Å². The van der Waals surface area contributed by atoms with E-state index in [2.05, 4.69) is 0 Å². The molecule has 184 valence electrons. The lowest BCUT2D eigenvalue weighted by Gasteiger charge is -2.36. The Morgan fingerprint density at radius 1 is 0.853 bits per heavy atom. The van der Waals surface area contributed by atoms with Crippen LogP contribution in [0.4, 0.5) is 17.6 Å². The summed E-state index contributed by atoms with van der Waals surface area (Å²) in [4.78, 5) is 0. The summed E-state index contributed by atoms with van der Waals surface area (Å²) < 4.78 is 102. The molecule has 5 atom stereocenters. The van der Waals surface area contributed by atoms with Crippen LogP contribution in [-0.4, -0.2) is 36.4 Å². The molecule has 0 radical (unpaired) electrons. The van der Waals surface area contributed by atoms with Gasteiger partial charge in [0, 0.05) is 17.0 Å². The third-order valence-corrected chi connectivity index (χ3v) is 8.42. The molecule has 2 aliphatic carbocycles. The highest BCUT2D eigenvalue weighted by atomic mass is 32.2. The van der Waals surface area contributed by atoms with E-state index in [1.165, 1.54) is 0 Å². The molecule has 10 heteroatoms. The number of benzene rings is 2. The van der Waals surface area contributed by atoms with Gasteiger partial charge in [0.1, 0.15) is 0 Å². The zero-order chi connectivity index (χ0) is 24.7. The normalized spacial score (nSPS) is 30.5. The smallest absolute Gasteiger partial charge is 0.336 e. The summed E-state index contributed by atoms with van der Waals surface area (Å²) in [7, 11) is -6.31. The highest BCUT2D eigenvalue weighted by Crippen LogP contribution is 2.63. The Bertz CT molecular complexity index is 1150. The van der Waals surface area contributed by atoms with Gasteiger partial charge in [-0.3, -0.25) is 4.55 Å². The van der Waals surface area contributed by atoms with Crippen molar-refractivity contribution in [3.8, 4) is 0 Å². The molecule has 5 unspecified atom stereocenters. The summed E-state index contributed by atoms with van der Waals surface area (Å²) in [6.45, 7) is 3.82. The van der Waals surface area contributed by atoms with Gasteiger partial charge in [-0.25, -0.2) is 0 Å². The van der Waals surface area contributed by atoms with Crippen LogP contribution in [-0.2, 0) is 25.4 Å². The first-order valence-corrected chi connectivity index (χ1v) is 12.4. The van der Waals surface area contributed by atoms with Crippen molar-refractivity contribution in [2.45, 2.75) is 55.9 Å². The van der Waals surface area contributed by atoms with Gasteiger partial charge in [-0.2, -0.15) is 26.0 Å². The minimum absolute atomic E-state index is 0.148. The Morgan fingerprint density at radius 3 is 1.79 bits per heavy atom. The number of halogens is 4. The predicted molar refractivity (Wildman–Crippen MR) is 114 cm³/mol. The van der Waals surface area contributed by atoms with Crippen molar-refractivity contribution in [2.24, 2.45) is 17.8 Å². The lowest BCUT2D eigenvalue weighted by Crippen LogP contribution is -2.55. The number of aryl methyl sites for hydroxylation is 2. The molecule has 0 spiro atoms. The number of rotatable bonds is 5. The van der Waals surface area contributed by atoms with E-state index in [9.17, 15) is 26.0 Å². The van der Waals surface area contributed by atoms with Gasteiger partial charge in [-0.15, -0.1) is 0 Å². The van der Waals surface area contributed by atoms with Crippen molar-refractivity contribution in [3.05, 3.63) is 70.8 Å². The molecule has 1 saturated heterocycles. The zero-order valence-electron chi connectivity index (χ0n) is 18.4. The first kappa shape index (κ1) is 23.7. The maximum atomic E-state index is 14.9. The van der Waals surface area contributed by atoms with Crippen molar-refractivity contribution in [1.82, 2.24) is 0 Å². The van der Waals surface area contributed by atoms with E-state index in [-0.39, 0.29) is 12.8 Å². The second kappa shape index (κ2) is 7.49. The third-order valence-electron chi connectivity index (χ3n) is 7.50. The van der Waals surface area contributed by atoms with Crippen LogP contribution < -0.4 is 0 Å². The molecule has 2 saturated carbocycles. The lowest BCUT2D eigenvalue weighted by atomic mass is 9.81. The van der Waals surface area contributed by atoms with Gasteiger partial charge in [0.15, 0.2) is 0 Å². The molecule has 0 aromatic heterocycles. The monoisotopic (exact) mass is 500 g/mol. The maximum Gasteiger partial charge on any atom is 0.431 e. The van der Waals surface area contributed by atoms with Gasteiger partial charge in [0.25, 0.3) is 0 Å². The summed E-state index contributed by atoms with van der Waals surface area (Å²) in [6.07, 6.45) is -1.76. The average molecular weight is 501 g/mol. The quantitative estimate of drug-likeness (QED) is 0.459. The molecule has 1 heterocycles. The first-order chi connectivity index (χ1) is 15.8. The van der Waals surface area contributed by atoms with Crippen LogP contribution in [0.3, 0.4) is 0 Å². The summed E-state index contributed by atoms with van der Waals surface area (Å²) in [5.74, 6) is -9.93. The second-order valence-electron chi connectivity index (χ2n) is 9.63. The Hall–Kier alpha value is -2.01. The molecule has 1 N–H and O–H groups in total. The fourth-order valence-electron chi connectivity index (χ4n) is 5.77. The highest BCUT2D eigenvalue weighted by Gasteiger charge is 2.75. The van der Waals surface area contributed by atoms with Crippen molar-refractivity contribution in [2.75, 3.05) is 0 Å². The summed E-state index contributed by atoms with van der Waals surface area (Å²) >= 11 is 0. The molecule has 5 rings (SSSR count). The van der Waals surface area contributed by atoms with E-state index in [4.69, 9.17) is 14.0 Å². The van der Waals surface area contributed by atoms with E-state index in [1.807, 2.05) is 62.4 Å². The van der Waals surface area contributed by atoms with Crippen LogP contribution in [0.25, 0.3) is 0 Å². The maximum absolute atomic E-state index is 14.9. The van der Waals surface area contributed by atoms with Gasteiger partial charge in [-0.1, -0.05) is 59.7 Å².